The van der Waals surface area contributed by atoms with E-state index in [0.29, 0.717) is 57.6 Å². The highest BCUT2D eigenvalue weighted by Crippen LogP contribution is 2.34. The first-order valence-corrected chi connectivity index (χ1v) is 11.3. The first-order valence-electron chi connectivity index (χ1n) is 9.84. The van der Waals surface area contributed by atoms with Crippen LogP contribution in [0, 0.1) is 5.92 Å². The molecule has 29 heavy (non-hydrogen) atoms. The second kappa shape index (κ2) is 7.26. The number of nitrogens with zero attached hydrogens (tertiary/aromatic N) is 3. The Kier molecular flexibility index (Phi) is 4.72. The Morgan fingerprint density at radius 3 is 2.55 bits per heavy atom. The fraction of sp³-hybridized carbons (Fsp3) is 0.579. The third kappa shape index (κ3) is 3.38. The van der Waals surface area contributed by atoms with Crippen molar-refractivity contribution in [2.75, 3.05) is 52.6 Å². The number of hydrogen-bond donors (Lipinski definition) is 0. The Hall–Kier alpha value is -2.17. The van der Waals surface area contributed by atoms with Crippen molar-refractivity contribution in [3.8, 4) is 11.6 Å². The largest absolute Gasteiger partial charge is 0.484 e. The predicted molar refractivity (Wildman–Crippen MR) is 101 cm³/mol. The van der Waals surface area contributed by atoms with Gasteiger partial charge in [0.1, 0.15) is 18.1 Å². The van der Waals surface area contributed by atoms with Gasteiger partial charge in [-0.2, -0.15) is 4.31 Å². The molecule has 1 amide bonds. The van der Waals surface area contributed by atoms with Crippen molar-refractivity contribution in [2.45, 2.75) is 17.7 Å². The van der Waals surface area contributed by atoms with E-state index in [1.54, 1.807) is 0 Å². The highest BCUT2D eigenvalue weighted by Gasteiger charge is 2.39. The van der Waals surface area contributed by atoms with Gasteiger partial charge < -0.3 is 19.1 Å². The van der Waals surface area contributed by atoms with Gasteiger partial charge in [-0.1, -0.05) is 0 Å². The van der Waals surface area contributed by atoms with Crippen LogP contribution in [0.1, 0.15) is 12.8 Å². The Labute approximate surface area is 169 Å². The van der Waals surface area contributed by atoms with Crippen LogP contribution >= 0.6 is 0 Å². The molecule has 1 fully saturated rings. The second-order valence-corrected chi connectivity index (χ2v) is 9.70. The van der Waals surface area contributed by atoms with E-state index in [9.17, 15) is 13.2 Å². The van der Waals surface area contributed by atoms with E-state index in [2.05, 4.69) is 4.98 Å². The number of amides is 1. The van der Waals surface area contributed by atoms with Gasteiger partial charge in [-0.3, -0.25) is 4.79 Å². The van der Waals surface area contributed by atoms with Crippen LogP contribution in [-0.2, 0) is 19.6 Å². The maximum Gasteiger partial charge on any atom is 0.257 e. The molecule has 156 valence electrons. The summed E-state index contributed by atoms with van der Waals surface area (Å²) < 4.78 is 43.9. The molecule has 10 heteroatoms. The van der Waals surface area contributed by atoms with E-state index in [1.807, 2.05) is 4.90 Å². The minimum Gasteiger partial charge on any atom is -0.484 e. The molecule has 0 unspecified atom stereocenters. The topological polar surface area (TPSA) is 98.3 Å². The zero-order chi connectivity index (χ0) is 20.0. The van der Waals surface area contributed by atoms with Crippen molar-refractivity contribution in [1.82, 2.24) is 14.2 Å². The Balaban J connectivity index is 1.26. The van der Waals surface area contributed by atoms with E-state index in [1.165, 1.54) is 16.6 Å². The van der Waals surface area contributed by atoms with E-state index in [0.717, 1.165) is 30.6 Å². The fourth-order valence-corrected chi connectivity index (χ4v) is 5.66. The molecule has 1 saturated heterocycles. The van der Waals surface area contributed by atoms with Gasteiger partial charge >= 0.3 is 0 Å². The summed E-state index contributed by atoms with van der Waals surface area (Å²) in [5.41, 5.74) is 2.04. The van der Waals surface area contributed by atoms with E-state index >= 15 is 0 Å². The number of fused-ring (bicyclic) bond motifs is 1. The molecule has 0 bridgehead atoms. The molecule has 0 saturated carbocycles. The van der Waals surface area contributed by atoms with Crippen molar-refractivity contribution in [3.05, 3.63) is 23.4 Å². The molecular weight excluding hydrogens is 398 g/mol. The normalized spacial score (nSPS) is 24.7. The number of pyridine rings is 1. The summed E-state index contributed by atoms with van der Waals surface area (Å²) in [5, 5.41) is 0. The van der Waals surface area contributed by atoms with Crippen molar-refractivity contribution >= 4 is 15.9 Å². The van der Waals surface area contributed by atoms with Gasteiger partial charge in [-0.25, -0.2) is 13.4 Å². The molecule has 4 aliphatic heterocycles. The molecule has 5 heterocycles. The summed E-state index contributed by atoms with van der Waals surface area (Å²) in [5.74, 6) is 0.707. The molecule has 1 aromatic heterocycles. The maximum atomic E-state index is 13.1. The monoisotopic (exact) mass is 421 g/mol. The first kappa shape index (κ1) is 18.8. The van der Waals surface area contributed by atoms with Gasteiger partial charge in [0, 0.05) is 38.9 Å². The van der Waals surface area contributed by atoms with Gasteiger partial charge in [-0.15, -0.1) is 0 Å². The summed E-state index contributed by atoms with van der Waals surface area (Å²) >= 11 is 0. The molecular formula is C19H23N3O6S. The number of ether oxygens (including phenoxy) is 3. The van der Waals surface area contributed by atoms with Gasteiger partial charge in [-0.05, 0) is 24.0 Å². The zero-order valence-corrected chi connectivity index (χ0v) is 16.8. The van der Waals surface area contributed by atoms with Gasteiger partial charge in [0.05, 0.1) is 18.7 Å². The first-order chi connectivity index (χ1) is 14.0. The molecule has 0 radical (unpaired) electrons. The molecule has 1 atom stereocenters. The maximum absolute atomic E-state index is 13.1. The number of sulfonamides is 1. The van der Waals surface area contributed by atoms with E-state index in [-0.39, 0.29) is 16.7 Å². The molecule has 0 aromatic carbocycles. The second-order valence-electron chi connectivity index (χ2n) is 7.76. The zero-order valence-electron chi connectivity index (χ0n) is 16.0. The predicted octanol–water partition coefficient (Wildman–Crippen LogP) is 0.423. The van der Waals surface area contributed by atoms with Gasteiger partial charge in [0.2, 0.25) is 15.9 Å². The Morgan fingerprint density at radius 2 is 1.83 bits per heavy atom. The quantitative estimate of drug-likeness (QED) is 0.653. The lowest BCUT2D eigenvalue weighted by Crippen LogP contribution is -2.41. The van der Waals surface area contributed by atoms with Crippen LogP contribution in [0.25, 0.3) is 0 Å². The van der Waals surface area contributed by atoms with E-state index in [4.69, 9.17) is 14.2 Å². The van der Waals surface area contributed by atoms with Crippen LogP contribution in [0.5, 0.6) is 11.6 Å². The minimum absolute atomic E-state index is 0.0765. The number of hydrogen-bond acceptors (Lipinski definition) is 7. The molecule has 9 nitrogen and oxygen atoms in total. The lowest BCUT2D eigenvalue weighted by molar-refractivity contribution is -0.138. The van der Waals surface area contributed by atoms with Crippen LogP contribution < -0.4 is 9.47 Å². The molecule has 0 spiro atoms. The summed E-state index contributed by atoms with van der Waals surface area (Å²) in [6.45, 7) is 3.57. The fourth-order valence-electron chi connectivity index (χ4n) is 4.27. The highest BCUT2D eigenvalue weighted by atomic mass is 32.2. The average molecular weight is 421 g/mol. The van der Waals surface area contributed by atoms with Crippen molar-refractivity contribution in [1.29, 1.82) is 0 Å². The SMILES string of the molecule is O=C([C@@H]1CCCOC1)N1CC2=C(C1)CN(S(=O)(=O)c1cnc3c(c1)OCCO3)C2. The number of aromatic nitrogens is 1. The summed E-state index contributed by atoms with van der Waals surface area (Å²) in [6, 6.07) is 1.47. The third-order valence-corrected chi connectivity index (χ3v) is 7.59. The molecule has 4 aliphatic rings. The summed E-state index contributed by atoms with van der Waals surface area (Å²) in [6.07, 6.45) is 3.08. The summed E-state index contributed by atoms with van der Waals surface area (Å²) in [4.78, 5) is 18.7. The minimum atomic E-state index is -3.70. The average Bonchev–Trinajstić information content (AvgIpc) is 3.33. The Morgan fingerprint density at radius 1 is 1.07 bits per heavy atom. The lowest BCUT2D eigenvalue weighted by Gasteiger charge is -2.28. The molecule has 0 aliphatic carbocycles. The standard InChI is InChI=1S/C19H23N3O6S/c23-19(13-2-1-3-26-12-13)21-8-14-10-22(11-15(14)9-21)29(24,25)16-6-17-18(20-7-16)28-5-4-27-17/h6-7,13H,1-5,8-12H2/t13-/m1/s1. The summed E-state index contributed by atoms with van der Waals surface area (Å²) in [7, 11) is -3.70. The van der Waals surface area contributed by atoms with Crippen molar-refractivity contribution in [2.24, 2.45) is 5.92 Å². The third-order valence-electron chi connectivity index (χ3n) is 5.83. The van der Waals surface area contributed by atoms with Crippen LogP contribution in [0.2, 0.25) is 0 Å². The molecule has 1 aromatic rings. The Bertz CT molecular complexity index is 952. The van der Waals surface area contributed by atoms with Gasteiger partial charge in [0.25, 0.3) is 5.88 Å². The van der Waals surface area contributed by atoms with Crippen LogP contribution in [-0.4, -0.2) is 81.1 Å². The number of rotatable bonds is 3. The number of carbonyl (C=O) groups is 1. The molecule has 0 N–H and O–H groups in total. The van der Waals surface area contributed by atoms with Gasteiger partial charge in [0.15, 0.2) is 5.75 Å². The van der Waals surface area contributed by atoms with E-state index < -0.39 is 10.0 Å². The smallest absolute Gasteiger partial charge is 0.257 e. The van der Waals surface area contributed by atoms with Crippen LogP contribution in [0.4, 0.5) is 0 Å². The van der Waals surface area contributed by atoms with Crippen molar-refractivity contribution in [3.63, 3.8) is 0 Å². The molecule has 5 rings (SSSR count). The van der Waals surface area contributed by atoms with Crippen LogP contribution in [0.15, 0.2) is 28.3 Å². The van der Waals surface area contributed by atoms with Crippen LogP contribution in [0.3, 0.4) is 0 Å². The highest BCUT2D eigenvalue weighted by molar-refractivity contribution is 7.89. The lowest BCUT2D eigenvalue weighted by atomic mass is 10.0. The van der Waals surface area contributed by atoms with Crippen molar-refractivity contribution < 1.29 is 27.4 Å². The number of carbonyl (C=O) groups excluding carboxylic acids is 1.